The fourth-order valence-corrected chi connectivity index (χ4v) is 1.62. The van der Waals surface area contributed by atoms with Gasteiger partial charge in [0, 0.05) is 0 Å². The normalized spacial score (nSPS) is 10.7. The average molecular weight is 244 g/mol. The van der Waals surface area contributed by atoms with Crippen LogP contribution >= 0.6 is 0 Å². The Kier molecular flexibility index (Phi) is 2.23. The Balaban J connectivity index is 1.98. The number of hydrogen-bond donors (Lipinski definition) is 2. The first-order valence-corrected chi connectivity index (χ1v) is 5.13. The zero-order valence-electron chi connectivity index (χ0n) is 9.07. The van der Waals surface area contributed by atoms with Crippen LogP contribution in [0.2, 0.25) is 0 Å². The lowest BCUT2D eigenvalue weighted by Crippen LogP contribution is -2.02. The van der Waals surface area contributed by atoms with E-state index < -0.39 is 6.16 Å². The SMILES string of the molecule is O=C(O)Oc1cnn(-c2nc3ccccc3[nH]2)c1. The molecule has 0 aliphatic carbocycles. The van der Waals surface area contributed by atoms with E-state index in [1.54, 1.807) is 0 Å². The van der Waals surface area contributed by atoms with Crippen molar-refractivity contribution in [3.63, 3.8) is 0 Å². The number of ether oxygens (including phenoxy) is 1. The first-order valence-electron chi connectivity index (χ1n) is 5.13. The highest BCUT2D eigenvalue weighted by atomic mass is 16.7. The van der Waals surface area contributed by atoms with Crippen LogP contribution in [0.4, 0.5) is 4.79 Å². The van der Waals surface area contributed by atoms with E-state index in [1.807, 2.05) is 24.3 Å². The highest BCUT2D eigenvalue weighted by molar-refractivity contribution is 5.75. The maximum atomic E-state index is 10.4. The van der Waals surface area contributed by atoms with Gasteiger partial charge in [-0.3, -0.25) is 0 Å². The molecule has 7 heteroatoms. The second-order valence-corrected chi connectivity index (χ2v) is 3.57. The van der Waals surface area contributed by atoms with Crippen LogP contribution in [0.3, 0.4) is 0 Å². The number of para-hydroxylation sites is 2. The van der Waals surface area contributed by atoms with Crippen LogP contribution in [0.1, 0.15) is 0 Å². The standard InChI is InChI=1S/C11H8N4O3/c16-11(17)18-7-5-12-15(6-7)10-13-8-3-1-2-4-9(8)14-10/h1-6H,(H,13,14)(H,16,17). The first-order chi connectivity index (χ1) is 8.72. The number of aromatic nitrogens is 4. The van der Waals surface area contributed by atoms with Crippen LogP contribution in [0.25, 0.3) is 17.0 Å². The third-order valence-corrected chi connectivity index (χ3v) is 2.36. The van der Waals surface area contributed by atoms with Crippen molar-refractivity contribution in [1.82, 2.24) is 19.7 Å². The van der Waals surface area contributed by atoms with Crippen LogP contribution in [0.15, 0.2) is 36.7 Å². The summed E-state index contributed by atoms with van der Waals surface area (Å²) in [6, 6.07) is 7.54. The van der Waals surface area contributed by atoms with Crippen LogP contribution < -0.4 is 4.74 Å². The molecule has 0 aliphatic heterocycles. The molecule has 0 saturated carbocycles. The van der Waals surface area contributed by atoms with Gasteiger partial charge in [-0.25, -0.2) is 14.5 Å². The number of aromatic amines is 1. The van der Waals surface area contributed by atoms with Crippen LogP contribution in [0.5, 0.6) is 5.75 Å². The van der Waals surface area contributed by atoms with Crippen molar-refractivity contribution >= 4 is 17.2 Å². The molecule has 2 heterocycles. The molecule has 0 unspecified atom stereocenters. The third kappa shape index (κ3) is 1.77. The number of carbonyl (C=O) groups is 1. The molecule has 18 heavy (non-hydrogen) atoms. The number of imidazole rings is 1. The summed E-state index contributed by atoms with van der Waals surface area (Å²) in [5.41, 5.74) is 1.69. The highest BCUT2D eigenvalue weighted by Crippen LogP contribution is 2.15. The summed E-state index contributed by atoms with van der Waals surface area (Å²) in [6.07, 6.45) is 1.37. The minimum atomic E-state index is -1.38. The Morgan fingerprint density at radius 3 is 3.00 bits per heavy atom. The van der Waals surface area contributed by atoms with Crippen molar-refractivity contribution in [2.45, 2.75) is 0 Å². The zero-order valence-corrected chi connectivity index (χ0v) is 9.07. The van der Waals surface area contributed by atoms with Gasteiger partial charge in [-0.15, -0.1) is 0 Å². The van der Waals surface area contributed by atoms with E-state index in [0.717, 1.165) is 11.0 Å². The lowest BCUT2D eigenvalue weighted by Gasteiger charge is -1.93. The number of nitrogens with one attached hydrogen (secondary N) is 1. The highest BCUT2D eigenvalue weighted by Gasteiger charge is 2.08. The molecule has 2 N–H and O–H groups in total. The molecule has 1 aromatic carbocycles. The van der Waals surface area contributed by atoms with Crippen molar-refractivity contribution in [2.75, 3.05) is 0 Å². The van der Waals surface area contributed by atoms with Gasteiger partial charge in [-0.1, -0.05) is 12.1 Å². The number of carboxylic acid groups (broad SMARTS) is 1. The fraction of sp³-hybridized carbons (Fsp3) is 0. The summed E-state index contributed by atoms with van der Waals surface area (Å²) in [4.78, 5) is 17.8. The predicted octanol–water partition coefficient (Wildman–Crippen LogP) is 1.81. The molecule has 2 aromatic heterocycles. The quantitative estimate of drug-likeness (QED) is 0.670. The van der Waals surface area contributed by atoms with E-state index in [-0.39, 0.29) is 5.75 Å². The smallest absolute Gasteiger partial charge is 0.449 e. The third-order valence-electron chi connectivity index (χ3n) is 2.36. The Morgan fingerprint density at radius 1 is 1.39 bits per heavy atom. The minimum absolute atomic E-state index is 0.142. The number of rotatable bonds is 2. The molecular formula is C11H8N4O3. The van der Waals surface area contributed by atoms with Crippen molar-refractivity contribution in [1.29, 1.82) is 0 Å². The zero-order chi connectivity index (χ0) is 12.5. The number of hydrogen-bond acceptors (Lipinski definition) is 4. The van der Waals surface area contributed by atoms with Crippen LogP contribution in [0, 0.1) is 0 Å². The number of fused-ring (bicyclic) bond motifs is 1. The van der Waals surface area contributed by atoms with E-state index in [0.29, 0.717) is 5.95 Å². The molecule has 0 saturated heterocycles. The average Bonchev–Trinajstić information content (AvgIpc) is 2.93. The Hall–Kier alpha value is -2.83. The molecule has 0 atom stereocenters. The van der Waals surface area contributed by atoms with Crippen molar-refractivity contribution in [3.8, 4) is 11.7 Å². The second kappa shape index (κ2) is 3.88. The largest absolute Gasteiger partial charge is 0.511 e. The summed E-state index contributed by atoms with van der Waals surface area (Å²) in [6.45, 7) is 0. The van der Waals surface area contributed by atoms with Gasteiger partial charge in [-0.2, -0.15) is 5.10 Å². The van der Waals surface area contributed by atoms with Gasteiger partial charge in [-0.05, 0) is 12.1 Å². The molecule has 7 nitrogen and oxygen atoms in total. The summed E-state index contributed by atoms with van der Waals surface area (Å²) >= 11 is 0. The predicted molar refractivity (Wildman–Crippen MR) is 61.9 cm³/mol. The maximum absolute atomic E-state index is 10.4. The minimum Gasteiger partial charge on any atom is -0.449 e. The summed E-state index contributed by atoms with van der Waals surface area (Å²) in [5.74, 6) is 0.638. The van der Waals surface area contributed by atoms with Crippen molar-refractivity contribution < 1.29 is 14.6 Å². The number of H-pyrrole nitrogens is 1. The van der Waals surface area contributed by atoms with Gasteiger partial charge in [0.1, 0.15) is 0 Å². The Bertz CT molecular complexity index is 683. The van der Waals surface area contributed by atoms with Gasteiger partial charge >= 0.3 is 6.16 Å². The van der Waals surface area contributed by atoms with Crippen LogP contribution in [-0.2, 0) is 0 Å². The van der Waals surface area contributed by atoms with Gasteiger partial charge in [0.25, 0.3) is 0 Å². The monoisotopic (exact) mass is 244 g/mol. The second-order valence-electron chi connectivity index (χ2n) is 3.57. The molecule has 0 bridgehead atoms. The van der Waals surface area contributed by atoms with Crippen LogP contribution in [-0.4, -0.2) is 31.0 Å². The van der Waals surface area contributed by atoms with Crippen molar-refractivity contribution in [2.24, 2.45) is 0 Å². The topological polar surface area (TPSA) is 93.0 Å². The van der Waals surface area contributed by atoms with E-state index in [2.05, 4.69) is 19.8 Å². The number of benzene rings is 1. The summed E-state index contributed by atoms with van der Waals surface area (Å²) < 4.78 is 5.90. The fourth-order valence-electron chi connectivity index (χ4n) is 1.62. The molecule has 0 aliphatic rings. The van der Waals surface area contributed by atoms with Gasteiger partial charge in [0.05, 0.1) is 23.4 Å². The Morgan fingerprint density at radius 2 is 2.22 bits per heavy atom. The first kappa shape index (κ1) is 10.3. The lowest BCUT2D eigenvalue weighted by molar-refractivity contribution is 0.144. The molecule has 0 fully saturated rings. The maximum Gasteiger partial charge on any atom is 0.511 e. The molecule has 3 aromatic rings. The van der Waals surface area contributed by atoms with E-state index in [1.165, 1.54) is 17.1 Å². The van der Waals surface area contributed by atoms with E-state index in [4.69, 9.17) is 5.11 Å². The molecule has 3 rings (SSSR count). The Labute approximate surface area is 101 Å². The molecule has 0 radical (unpaired) electrons. The molecule has 0 amide bonds. The van der Waals surface area contributed by atoms with Crippen molar-refractivity contribution in [3.05, 3.63) is 36.7 Å². The van der Waals surface area contributed by atoms with E-state index >= 15 is 0 Å². The van der Waals surface area contributed by atoms with E-state index in [9.17, 15) is 4.79 Å². The van der Waals surface area contributed by atoms with Gasteiger partial charge in [0.2, 0.25) is 5.95 Å². The molecule has 90 valence electrons. The van der Waals surface area contributed by atoms with Gasteiger partial charge < -0.3 is 14.8 Å². The molecule has 0 spiro atoms. The summed E-state index contributed by atoms with van der Waals surface area (Å²) in [5, 5.41) is 12.4. The number of nitrogens with zero attached hydrogens (tertiary/aromatic N) is 3. The lowest BCUT2D eigenvalue weighted by atomic mass is 10.3. The van der Waals surface area contributed by atoms with Gasteiger partial charge in [0.15, 0.2) is 5.75 Å². The summed E-state index contributed by atoms with van der Waals surface area (Å²) in [7, 11) is 0. The molecular weight excluding hydrogens is 236 g/mol.